The Morgan fingerprint density at radius 2 is 1.80 bits per heavy atom. The highest BCUT2D eigenvalue weighted by Crippen LogP contribution is 2.36. The van der Waals surface area contributed by atoms with Crippen molar-refractivity contribution < 1.29 is 9.84 Å². The zero-order chi connectivity index (χ0) is 14.1. The molecule has 1 aromatic heterocycles. The van der Waals surface area contributed by atoms with Crippen LogP contribution in [0.4, 0.5) is 0 Å². The van der Waals surface area contributed by atoms with E-state index in [1.807, 2.05) is 24.3 Å². The Morgan fingerprint density at radius 3 is 2.50 bits per heavy atom. The van der Waals surface area contributed by atoms with Gasteiger partial charge in [-0.1, -0.05) is 35.9 Å². The number of pyridine rings is 1. The van der Waals surface area contributed by atoms with Gasteiger partial charge in [0.25, 0.3) is 0 Å². The van der Waals surface area contributed by atoms with E-state index in [2.05, 4.69) is 20.9 Å². The van der Waals surface area contributed by atoms with Crippen molar-refractivity contribution in [2.24, 2.45) is 0 Å². The fourth-order valence-electron chi connectivity index (χ4n) is 1.87. The van der Waals surface area contributed by atoms with Crippen LogP contribution in [-0.2, 0) is 0 Å². The molecule has 0 spiro atoms. The number of rotatable bonds is 2. The Hall–Kier alpha value is -1.78. The lowest BCUT2D eigenvalue weighted by Crippen LogP contribution is -1.90. The number of phenolic OH excluding ortho intramolecular Hbond substituents is 1. The van der Waals surface area contributed by atoms with Crippen LogP contribution in [0.1, 0.15) is 0 Å². The van der Waals surface area contributed by atoms with Gasteiger partial charge in [-0.2, -0.15) is 0 Å². The first-order valence-corrected chi connectivity index (χ1v) is 7.01. The maximum Gasteiger partial charge on any atom is 0.238 e. The largest absolute Gasteiger partial charge is 0.504 e. The molecule has 2 aromatic carbocycles. The second-order valence-electron chi connectivity index (χ2n) is 4.21. The SMILES string of the molecule is Oc1cc2ccccc2cc1Oc1ncc(Br)cc1Cl. The Morgan fingerprint density at radius 1 is 1.10 bits per heavy atom. The first kappa shape index (κ1) is 13.2. The summed E-state index contributed by atoms with van der Waals surface area (Å²) in [5.74, 6) is 0.616. The van der Waals surface area contributed by atoms with Crippen LogP contribution >= 0.6 is 27.5 Å². The van der Waals surface area contributed by atoms with Gasteiger partial charge in [-0.15, -0.1) is 0 Å². The van der Waals surface area contributed by atoms with Crippen molar-refractivity contribution in [2.75, 3.05) is 0 Å². The smallest absolute Gasteiger partial charge is 0.238 e. The molecule has 0 radical (unpaired) electrons. The van der Waals surface area contributed by atoms with Crippen LogP contribution in [0.15, 0.2) is 53.1 Å². The third kappa shape index (κ3) is 2.57. The quantitative estimate of drug-likeness (QED) is 0.695. The van der Waals surface area contributed by atoms with Gasteiger partial charge in [0, 0.05) is 10.7 Å². The fourth-order valence-corrected chi connectivity index (χ4v) is 2.54. The molecule has 0 amide bonds. The number of fused-ring (bicyclic) bond motifs is 1. The monoisotopic (exact) mass is 349 g/mol. The number of phenols is 1. The summed E-state index contributed by atoms with van der Waals surface area (Å²) >= 11 is 9.33. The summed E-state index contributed by atoms with van der Waals surface area (Å²) in [6.45, 7) is 0. The summed E-state index contributed by atoms with van der Waals surface area (Å²) in [6.07, 6.45) is 1.58. The number of nitrogens with zero attached hydrogens (tertiary/aromatic N) is 1. The number of aromatic hydroxyl groups is 1. The van der Waals surface area contributed by atoms with E-state index < -0.39 is 0 Å². The van der Waals surface area contributed by atoms with Crippen LogP contribution in [0.3, 0.4) is 0 Å². The van der Waals surface area contributed by atoms with E-state index in [-0.39, 0.29) is 11.6 Å². The lowest BCUT2D eigenvalue weighted by molar-refractivity contribution is 0.404. The summed E-state index contributed by atoms with van der Waals surface area (Å²) < 4.78 is 6.35. The van der Waals surface area contributed by atoms with Gasteiger partial charge in [0.15, 0.2) is 11.5 Å². The van der Waals surface area contributed by atoms with Gasteiger partial charge in [-0.25, -0.2) is 4.98 Å². The van der Waals surface area contributed by atoms with Crippen LogP contribution in [0.25, 0.3) is 10.8 Å². The maximum atomic E-state index is 10.0. The molecule has 0 fully saturated rings. The van der Waals surface area contributed by atoms with Crippen LogP contribution < -0.4 is 4.74 Å². The summed E-state index contributed by atoms with van der Waals surface area (Å²) in [7, 11) is 0. The van der Waals surface area contributed by atoms with Crippen LogP contribution in [0, 0.1) is 0 Å². The first-order valence-electron chi connectivity index (χ1n) is 5.84. The highest BCUT2D eigenvalue weighted by Gasteiger charge is 2.10. The third-order valence-electron chi connectivity index (χ3n) is 2.81. The number of halogens is 2. The molecule has 3 aromatic rings. The number of hydrogen-bond donors (Lipinski definition) is 1. The number of aromatic nitrogens is 1. The Labute approximate surface area is 128 Å². The molecule has 5 heteroatoms. The molecule has 0 bridgehead atoms. The zero-order valence-corrected chi connectivity index (χ0v) is 12.5. The van der Waals surface area contributed by atoms with E-state index in [0.717, 1.165) is 15.2 Å². The van der Waals surface area contributed by atoms with Gasteiger partial charge in [0.05, 0.1) is 0 Å². The maximum absolute atomic E-state index is 10.0. The van der Waals surface area contributed by atoms with Gasteiger partial charge in [-0.05, 0) is 44.9 Å². The Balaban J connectivity index is 2.03. The van der Waals surface area contributed by atoms with Crippen molar-refractivity contribution in [3.63, 3.8) is 0 Å². The minimum atomic E-state index is 0.0458. The second-order valence-corrected chi connectivity index (χ2v) is 5.53. The van der Waals surface area contributed by atoms with Gasteiger partial charge >= 0.3 is 0 Å². The van der Waals surface area contributed by atoms with Crippen molar-refractivity contribution in [3.05, 3.63) is 58.2 Å². The molecule has 3 rings (SSSR count). The summed E-state index contributed by atoms with van der Waals surface area (Å²) in [5.41, 5.74) is 0. The average molecular weight is 351 g/mol. The van der Waals surface area contributed by atoms with E-state index in [9.17, 15) is 5.11 Å². The lowest BCUT2D eigenvalue weighted by Gasteiger charge is -2.09. The molecule has 0 atom stereocenters. The molecule has 3 nitrogen and oxygen atoms in total. The van der Waals surface area contributed by atoms with E-state index in [1.165, 1.54) is 0 Å². The van der Waals surface area contributed by atoms with E-state index in [1.54, 1.807) is 24.4 Å². The molecule has 100 valence electrons. The van der Waals surface area contributed by atoms with Gasteiger partial charge in [0.1, 0.15) is 5.02 Å². The van der Waals surface area contributed by atoms with E-state index in [4.69, 9.17) is 16.3 Å². The summed E-state index contributed by atoms with van der Waals surface area (Å²) in [5, 5.41) is 12.3. The molecule has 0 saturated carbocycles. The normalized spacial score (nSPS) is 10.7. The molecule has 0 unspecified atom stereocenters. The number of hydrogen-bond acceptors (Lipinski definition) is 3. The minimum Gasteiger partial charge on any atom is -0.504 e. The molecular weight excluding hydrogens is 342 g/mol. The molecule has 0 saturated heterocycles. The number of ether oxygens (including phenoxy) is 1. The van der Waals surface area contributed by atoms with Crippen molar-refractivity contribution >= 4 is 38.3 Å². The molecule has 0 aliphatic heterocycles. The average Bonchev–Trinajstić information content (AvgIpc) is 2.42. The molecule has 0 aliphatic rings. The molecule has 1 N–H and O–H groups in total. The number of benzene rings is 2. The summed E-state index contributed by atoms with van der Waals surface area (Å²) in [6, 6.07) is 12.8. The third-order valence-corrected chi connectivity index (χ3v) is 3.51. The van der Waals surface area contributed by atoms with Gasteiger partial charge < -0.3 is 9.84 Å². The second kappa shape index (κ2) is 5.31. The lowest BCUT2D eigenvalue weighted by atomic mass is 10.1. The zero-order valence-electron chi connectivity index (χ0n) is 10.2. The Bertz CT molecular complexity index is 792. The van der Waals surface area contributed by atoms with E-state index >= 15 is 0 Å². The van der Waals surface area contributed by atoms with Crippen LogP contribution in [0.5, 0.6) is 17.4 Å². The Kier molecular flexibility index (Phi) is 3.51. The van der Waals surface area contributed by atoms with Crippen molar-refractivity contribution in [1.82, 2.24) is 4.98 Å². The fraction of sp³-hybridized carbons (Fsp3) is 0. The van der Waals surface area contributed by atoms with Crippen LogP contribution in [-0.4, -0.2) is 10.1 Å². The predicted octanol–water partition coefficient (Wildman–Crippen LogP) is 5.15. The van der Waals surface area contributed by atoms with Gasteiger partial charge in [-0.3, -0.25) is 0 Å². The van der Waals surface area contributed by atoms with E-state index in [0.29, 0.717) is 10.8 Å². The van der Waals surface area contributed by atoms with Crippen molar-refractivity contribution in [3.8, 4) is 17.4 Å². The first-order chi connectivity index (χ1) is 9.63. The highest BCUT2D eigenvalue weighted by atomic mass is 79.9. The molecule has 1 heterocycles. The predicted molar refractivity (Wildman–Crippen MR) is 82.6 cm³/mol. The molecule has 0 aliphatic carbocycles. The standard InChI is InChI=1S/C15H9BrClNO2/c16-11-7-12(17)15(18-8-11)20-14-6-10-4-2-1-3-9(10)5-13(14)19/h1-8,19H. The van der Waals surface area contributed by atoms with Crippen molar-refractivity contribution in [2.45, 2.75) is 0 Å². The highest BCUT2D eigenvalue weighted by molar-refractivity contribution is 9.10. The van der Waals surface area contributed by atoms with Gasteiger partial charge in [0.2, 0.25) is 5.88 Å². The molecule has 20 heavy (non-hydrogen) atoms. The van der Waals surface area contributed by atoms with Crippen LogP contribution in [0.2, 0.25) is 5.02 Å². The topological polar surface area (TPSA) is 42.4 Å². The molecular formula is C15H9BrClNO2. The van der Waals surface area contributed by atoms with Crippen molar-refractivity contribution in [1.29, 1.82) is 0 Å². The summed E-state index contributed by atoms with van der Waals surface area (Å²) in [4.78, 5) is 4.08. The minimum absolute atomic E-state index is 0.0458.